The van der Waals surface area contributed by atoms with E-state index < -0.39 is 5.92 Å². The number of hydrogen-bond donors (Lipinski definition) is 1. The van der Waals surface area contributed by atoms with Gasteiger partial charge in [-0.1, -0.05) is 12.1 Å². The molecule has 6 heteroatoms. The Morgan fingerprint density at radius 3 is 2.54 bits per heavy atom. The molecule has 0 radical (unpaired) electrons. The number of anilines is 1. The monoisotopic (exact) mass is 356 g/mol. The second-order valence-electron chi connectivity index (χ2n) is 6.25. The molecule has 1 aliphatic rings. The highest BCUT2D eigenvalue weighted by molar-refractivity contribution is 5.97. The second-order valence-corrected chi connectivity index (χ2v) is 6.25. The summed E-state index contributed by atoms with van der Waals surface area (Å²) in [4.78, 5) is 26.3. The fraction of sp³-hybridized carbons (Fsp3) is 0.300. The summed E-state index contributed by atoms with van der Waals surface area (Å²) in [6, 6.07) is 13.2. The van der Waals surface area contributed by atoms with E-state index in [0.29, 0.717) is 25.4 Å². The third-order valence-electron chi connectivity index (χ3n) is 4.30. The van der Waals surface area contributed by atoms with Gasteiger partial charge in [-0.25, -0.2) is 4.39 Å². The first-order valence-corrected chi connectivity index (χ1v) is 8.61. The highest BCUT2D eigenvalue weighted by atomic mass is 19.1. The van der Waals surface area contributed by atoms with Crippen LogP contribution >= 0.6 is 0 Å². The maximum atomic E-state index is 13.0. The number of nitrogens with zero attached hydrogens (tertiary/aromatic N) is 1. The van der Waals surface area contributed by atoms with Crippen molar-refractivity contribution in [3.8, 4) is 5.75 Å². The Bertz CT molecular complexity index is 775. The molecule has 1 atom stereocenters. The SMILES string of the molecule is CCOc1ccc(NC(=O)C2CC(=O)N(Cc3ccc(F)cc3)C2)cc1. The number of carbonyl (C=O) groups excluding carboxylic acids is 2. The van der Waals surface area contributed by atoms with Gasteiger partial charge in [0.15, 0.2) is 0 Å². The van der Waals surface area contributed by atoms with E-state index in [1.165, 1.54) is 12.1 Å². The van der Waals surface area contributed by atoms with Crippen molar-refractivity contribution in [3.63, 3.8) is 0 Å². The lowest BCUT2D eigenvalue weighted by Gasteiger charge is -2.16. The lowest BCUT2D eigenvalue weighted by molar-refractivity contribution is -0.128. The molecule has 5 nitrogen and oxygen atoms in total. The predicted octanol–water partition coefficient (Wildman–Crippen LogP) is 3.21. The third kappa shape index (κ3) is 4.39. The van der Waals surface area contributed by atoms with E-state index in [1.54, 1.807) is 41.3 Å². The maximum absolute atomic E-state index is 13.0. The molecule has 0 aliphatic carbocycles. The normalized spacial score (nSPS) is 16.6. The molecule has 2 amide bonds. The fourth-order valence-electron chi connectivity index (χ4n) is 2.96. The first-order chi connectivity index (χ1) is 12.5. The smallest absolute Gasteiger partial charge is 0.229 e. The van der Waals surface area contributed by atoms with E-state index in [0.717, 1.165) is 11.3 Å². The minimum absolute atomic E-state index is 0.0684. The van der Waals surface area contributed by atoms with Crippen molar-refractivity contribution in [2.45, 2.75) is 19.9 Å². The van der Waals surface area contributed by atoms with Gasteiger partial charge in [0.05, 0.1) is 12.5 Å². The van der Waals surface area contributed by atoms with Crippen molar-refractivity contribution in [2.75, 3.05) is 18.5 Å². The van der Waals surface area contributed by atoms with E-state index in [1.807, 2.05) is 6.92 Å². The summed E-state index contributed by atoms with van der Waals surface area (Å²) in [6.45, 7) is 3.23. The summed E-state index contributed by atoms with van der Waals surface area (Å²) in [6.07, 6.45) is 0.185. The summed E-state index contributed by atoms with van der Waals surface area (Å²) >= 11 is 0. The van der Waals surface area contributed by atoms with Crippen molar-refractivity contribution >= 4 is 17.5 Å². The average molecular weight is 356 g/mol. The number of amides is 2. The second kappa shape index (κ2) is 7.99. The summed E-state index contributed by atoms with van der Waals surface area (Å²) < 4.78 is 18.3. The molecular formula is C20H21FN2O3. The van der Waals surface area contributed by atoms with E-state index in [-0.39, 0.29) is 24.1 Å². The van der Waals surface area contributed by atoms with Gasteiger partial charge >= 0.3 is 0 Å². The van der Waals surface area contributed by atoms with Crippen molar-refractivity contribution in [1.82, 2.24) is 4.90 Å². The van der Waals surface area contributed by atoms with Crippen LogP contribution in [0.15, 0.2) is 48.5 Å². The minimum Gasteiger partial charge on any atom is -0.494 e. The molecule has 1 heterocycles. The van der Waals surface area contributed by atoms with E-state index in [9.17, 15) is 14.0 Å². The molecule has 1 N–H and O–H groups in total. The molecule has 1 saturated heterocycles. The van der Waals surface area contributed by atoms with Gasteiger partial charge in [-0.05, 0) is 48.9 Å². The molecule has 2 aromatic rings. The van der Waals surface area contributed by atoms with Crippen LogP contribution in [0.2, 0.25) is 0 Å². The summed E-state index contributed by atoms with van der Waals surface area (Å²) in [5, 5.41) is 2.84. The van der Waals surface area contributed by atoms with Crippen molar-refractivity contribution in [2.24, 2.45) is 5.92 Å². The van der Waals surface area contributed by atoms with Crippen LogP contribution in [0.1, 0.15) is 18.9 Å². The van der Waals surface area contributed by atoms with Crippen molar-refractivity contribution in [3.05, 3.63) is 59.9 Å². The van der Waals surface area contributed by atoms with Crippen LogP contribution in [0.4, 0.5) is 10.1 Å². The molecule has 26 heavy (non-hydrogen) atoms. The highest BCUT2D eigenvalue weighted by Crippen LogP contribution is 2.23. The maximum Gasteiger partial charge on any atom is 0.229 e. The average Bonchev–Trinajstić information content (AvgIpc) is 3.00. The molecule has 0 saturated carbocycles. The summed E-state index contributed by atoms with van der Waals surface area (Å²) in [7, 11) is 0. The topological polar surface area (TPSA) is 58.6 Å². The molecular weight excluding hydrogens is 335 g/mol. The Morgan fingerprint density at radius 2 is 1.88 bits per heavy atom. The number of halogens is 1. The lowest BCUT2D eigenvalue weighted by Crippen LogP contribution is -2.28. The Labute approximate surface area is 151 Å². The summed E-state index contributed by atoms with van der Waals surface area (Å²) in [5.74, 6) is -0.207. The largest absolute Gasteiger partial charge is 0.494 e. The van der Waals surface area contributed by atoms with Gasteiger partial charge in [-0.3, -0.25) is 9.59 Å². The van der Waals surface area contributed by atoms with Crippen LogP contribution in [-0.4, -0.2) is 29.9 Å². The number of likely N-dealkylation sites (tertiary alicyclic amines) is 1. The number of carbonyl (C=O) groups is 2. The molecule has 3 rings (SSSR count). The Hall–Kier alpha value is -2.89. The van der Waals surface area contributed by atoms with Crippen LogP contribution in [0.3, 0.4) is 0 Å². The molecule has 1 unspecified atom stereocenters. The van der Waals surface area contributed by atoms with Crippen LogP contribution in [-0.2, 0) is 16.1 Å². The molecule has 2 aromatic carbocycles. The van der Waals surface area contributed by atoms with Crippen LogP contribution in [0.25, 0.3) is 0 Å². The molecule has 1 fully saturated rings. The standard InChI is InChI=1S/C20H21FN2O3/c1-2-26-18-9-7-17(8-10-18)22-20(25)15-11-19(24)23(13-15)12-14-3-5-16(21)6-4-14/h3-10,15H,2,11-13H2,1H3,(H,22,25). The number of hydrogen-bond acceptors (Lipinski definition) is 3. The van der Waals surface area contributed by atoms with Crippen LogP contribution in [0, 0.1) is 11.7 Å². The molecule has 0 bridgehead atoms. The van der Waals surface area contributed by atoms with E-state index in [2.05, 4.69) is 5.32 Å². The van der Waals surface area contributed by atoms with Gasteiger partial charge in [0, 0.05) is 25.2 Å². The van der Waals surface area contributed by atoms with Crippen LogP contribution in [0.5, 0.6) is 5.75 Å². The van der Waals surface area contributed by atoms with Crippen LogP contribution < -0.4 is 10.1 Å². The number of benzene rings is 2. The van der Waals surface area contributed by atoms with Gasteiger partial charge in [0.1, 0.15) is 11.6 Å². The van der Waals surface area contributed by atoms with Gasteiger partial charge in [0.2, 0.25) is 11.8 Å². The van der Waals surface area contributed by atoms with Crippen molar-refractivity contribution in [1.29, 1.82) is 0 Å². The Morgan fingerprint density at radius 1 is 1.19 bits per heavy atom. The zero-order valence-electron chi connectivity index (χ0n) is 14.6. The minimum atomic E-state index is -0.394. The zero-order valence-corrected chi connectivity index (χ0v) is 14.6. The molecule has 136 valence electrons. The number of ether oxygens (including phenoxy) is 1. The van der Waals surface area contributed by atoms with Gasteiger partial charge < -0.3 is 15.0 Å². The first kappa shape index (κ1) is 17.9. The number of nitrogens with one attached hydrogen (secondary N) is 1. The third-order valence-corrected chi connectivity index (χ3v) is 4.30. The Balaban J connectivity index is 1.57. The van der Waals surface area contributed by atoms with E-state index >= 15 is 0 Å². The van der Waals surface area contributed by atoms with Gasteiger partial charge in [-0.2, -0.15) is 0 Å². The lowest BCUT2D eigenvalue weighted by atomic mass is 10.1. The quantitative estimate of drug-likeness (QED) is 0.865. The fourth-order valence-corrected chi connectivity index (χ4v) is 2.96. The zero-order chi connectivity index (χ0) is 18.5. The molecule has 0 aromatic heterocycles. The summed E-state index contributed by atoms with van der Waals surface area (Å²) in [5.41, 5.74) is 1.51. The van der Waals surface area contributed by atoms with E-state index in [4.69, 9.17) is 4.74 Å². The Kier molecular flexibility index (Phi) is 5.51. The molecule has 1 aliphatic heterocycles. The number of rotatable bonds is 6. The first-order valence-electron chi connectivity index (χ1n) is 8.61. The van der Waals surface area contributed by atoms with Crippen molar-refractivity contribution < 1.29 is 18.7 Å². The predicted molar refractivity (Wildman–Crippen MR) is 96.2 cm³/mol. The van der Waals surface area contributed by atoms with Gasteiger partial charge in [0.25, 0.3) is 0 Å². The molecule has 0 spiro atoms. The van der Waals surface area contributed by atoms with Gasteiger partial charge in [-0.15, -0.1) is 0 Å². The highest BCUT2D eigenvalue weighted by Gasteiger charge is 2.34.